The number of aryl methyl sites for hydroxylation is 2. The summed E-state index contributed by atoms with van der Waals surface area (Å²) in [6.45, 7) is 4.47. The van der Waals surface area contributed by atoms with Crippen LogP contribution in [-0.4, -0.2) is 20.7 Å². The molecule has 1 N–H and O–H groups in total. The molecule has 3 aromatic heterocycles. The zero-order chi connectivity index (χ0) is 18.8. The van der Waals surface area contributed by atoms with Gasteiger partial charge in [0.25, 0.3) is 0 Å². The minimum atomic E-state index is -0.140. The maximum absolute atomic E-state index is 12.3. The number of nitrogens with one attached hydrogen (secondary N) is 1. The van der Waals surface area contributed by atoms with E-state index in [1.54, 1.807) is 23.2 Å². The molecule has 6 nitrogen and oxygen atoms in total. The molecule has 0 aliphatic rings. The van der Waals surface area contributed by atoms with E-state index in [1.807, 2.05) is 19.1 Å². The van der Waals surface area contributed by atoms with Gasteiger partial charge in [0.2, 0.25) is 5.91 Å². The maximum Gasteiger partial charge on any atom is 0.242 e. The Hall–Kier alpha value is -3.41. The van der Waals surface area contributed by atoms with Crippen molar-refractivity contribution in [3.05, 3.63) is 71.9 Å². The fourth-order valence-corrected chi connectivity index (χ4v) is 3.16. The highest BCUT2D eigenvalue weighted by atomic mass is 16.3. The van der Waals surface area contributed by atoms with Crippen molar-refractivity contribution < 1.29 is 9.21 Å². The second-order valence-corrected chi connectivity index (χ2v) is 6.52. The summed E-state index contributed by atoms with van der Waals surface area (Å²) in [5, 5.41) is 8.36. The van der Waals surface area contributed by atoms with Gasteiger partial charge in [0.15, 0.2) is 5.65 Å². The van der Waals surface area contributed by atoms with E-state index >= 15 is 0 Å². The third-order valence-electron chi connectivity index (χ3n) is 4.50. The van der Waals surface area contributed by atoms with Gasteiger partial charge < -0.3 is 9.73 Å². The third-order valence-corrected chi connectivity index (χ3v) is 4.50. The Morgan fingerprint density at radius 2 is 1.96 bits per heavy atom. The van der Waals surface area contributed by atoms with Crippen LogP contribution >= 0.6 is 0 Å². The van der Waals surface area contributed by atoms with E-state index in [-0.39, 0.29) is 12.5 Å². The summed E-state index contributed by atoms with van der Waals surface area (Å²) >= 11 is 0. The Bertz CT molecular complexity index is 1080. The molecule has 0 aliphatic heterocycles. The van der Waals surface area contributed by atoms with Crippen LogP contribution in [0, 0.1) is 13.8 Å². The normalized spacial score (nSPS) is 11.0. The van der Waals surface area contributed by atoms with Gasteiger partial charge in [0.1, 0.15) is 12.3 Å². The summed E-state index contributed by atoms with van der Waals surface area (Å²) < 4.78 is 6.88. The highest BCUT2D eigenvalue weighted by Gasteiger charge is 2.16. The molecule has 1 aromatic carbocycles. The Balaban J connectivity index is 1.62. The van der Waals surface area contributed by atoms with Crippen LogP contribution in [0.5, 0.6) is 0 Å². The van der Waals surface area contributed by atoms with Gasteiger partial charge in [-0.2, -0.15) is 5.10 Å². The topological polar surface area (TPSA) is 73.0 Å². The van der Waals surface area contributed by atoms with Crippen molar-refractivity contribution in [2.45, 2.75) is 26.9 Å². The van der Waals surface area contributed by atoms with Crippen molar-refractivity contribution in [1.29, 1.82) is 0 Å². The standard InChI is InChI=1S/C21H20N4O2/c1-14-5-7-16(8-6-14)18-9-10-22-21-20(18)15(2)24-25(21)13-19(26)23-12-17-4-3-11-27-17/h3-11H,12-13H2,1-2H3,(H,23,26). The number of carbonyl (C=O) groups is 1. The molecule has 0 unspecified atom stereocenters. The van der Waals surface area contributed by atoms with Crippen LogP contribution in [0.3, 0.4) is 0 Å². The van der Waals surface area contributed by atoms with Crippen LogP contribution in [0.4, 0.5) is 0 Å². The number of nitrogens with zero attached hydrogens (tertiary/aromatic N) is 3. The summed E-state index contributed by atoms with van der Waals surface area (Å²) in [6, 6.07) is 14.0. The molecule has 0 fully saturated rings. The summed E-state index contributed by atoms with van der Waals surface area (Å²) in [7, 11) is 0. The predicted octanol–water partition coefficient (Wildman–Crippen LogP) is 3.62. The van der Waals surface area contributed by atoms with Crippen molar-refractivity contribution in [1.82, 2.24) is 20.1 Å². The van der Waals surface area contributed by atoms with E-state index in [4.69, 9.17) is 4.42 Å². The first-order valence-corrected chi connectivity index (χ1v) is 8.80. The Morgan fingerprint density at radius 1 is 1.15 bits per heavy atom. The highest BCUT2D eigenvalue weighted by Crippen LogP contribution is 2.29. The number of rotatable bonds is 5. The van der Waals surface area contributed by atoms with E-state index in [1.165, 1.54) is 5.56 Å². The fraction of sp³-hybridized carbons (Fsp3) is 0.190. The summed E-state index contributed by atoms with van der Waals surface area (Å²) in [6.07, 6.45) is 3.35. The number of hydrogen-bond acceptors (Lipinski definition) is 4. The number of carbonyl (C=O) groups excluding carboxylic acids is 1. The first kappa shape index (κ1) is 17.0. The van der Waals surface area contributed by atoms with Crippen LogP contribution in [0.1, 0.15) is 17.0 Å². The number of amides is 1. The molecule has 136 valence electrons. The number of furan rings is 1. The van der Waals surface area contributed by atoms with E-state index in [2.05, 4.69) is 46.6 Å². The second kappa shape index (κ2) is 7.07. The number of benzene rings is 1. The number of hydrogen-bond donors (Lipinski definition) is 1. The van der Waals surface area contributed by atoms with Gasteiger partial charge in [-0.05, 0) is 43.2 Å². The van der Waals surface area contributed by atoms with Crippen molar-refractivity contribution >= 4 is 16.9 Å². The quantitative estimate of drug-likeness (QED) is 0.590. The first-order chi connectivity index (χ1) is 13.1. The van der Waals surface area contributed by atoms with Gasteiger partial charge >= 0.3 is 0 Å². The first-order valence-electron chi connectivity index (χ1n) is 8.80. The number of pyridine rings is 1. The summed E-state index contributed by atoms with van der Waals surface area (Å²) in [5.74, 6) is 0.572. The molecule has 0 saturated heterocycles. The smallest absolute Gasteiger partial charge is 0.242 e. The molecule has 1 amide bonds. The van der Waals surface area contributed by atoms with Crippen molar-refractivity contribution in [3.8, 4) is 11.1 Å². The molecule has 0 bridgehead atoms. The number of aromatic nitrogens is 3. The largest absolute Gasteiger partial charge is 0.467 e. The van der Waals surface area contributed by atoms with Crippen LogP contribution in [0.2, 0.25) is 0 Å². The van der Waals surface area contributed by atoms with E-state index in [0.717, 1.165) is 22.2 Å². The van der Waals surface area contributed by atoms with Gasteiger partial charge in [-0.1, -0.05) is 29.8 Å². The molecule has 4 rings (SSSR count). The van der Waals surface area contributed by atoms with Crippen molar-refractivity contribution in [2.24, 2.45) is 0 Å². The molecule has 6 heteroatoms. The average molecular weight is 360 g/mol. The van der Waals surface area contributed by atoms with Gasteiger partial charge in [-0.25, -0.2) is 9.67 Å². The van der Waals surface area contributed by atoms with E-state index in [0.29, 0.717) is 18.0 Å². The van der Waals surface area contributed by atoms with Crippen LogP contribution < -0.4 is 5.32 Å². The van der Waals surface area contributed by atoms with Crippen LogP contribution in [0.25, 0.3) is 22.2 Å². The van der Waals surface area contributed by atoms with Crippen LogP contribution in [-0.2, 0) is 17.9 Å². The Morgan fingerprint density at radius 3 is 2.70 bits per heavy atom. The maximum atomic E-state index is 12.3. The SMILES string of the molecule is Cc1ccc(-c2ccnc3c2c(C)nn3CC(=O)NCc2ccco2)cc1. The fourth-order valence-electron chi connectivity index (χ4n) is 3.16. The molecule has 0 saturated carbocycles. The molecular weight excluding hydrogens is 340 g/mol. The predicted molar refractivity (Wildman–Crippen MR) is 103 cm³/mol. The molecule has 27 heavy (non-hydrogen) atoms. The lowest BCUT2D eigenvalue weighted by Crippen LogP contribution is -2.27. The monoisotopic (exact) mass is 360 g/mol. The molecule has 0 atom stereocenters. The molecule has 0 radical (unpaired) electrons. The zero-order valence-electron chi connectivity index (χ0n) is 15.3. The molecule has 3 heterocycles. The molecule has 0 spiro atoms. The van der Waals surface area contributed by atoms with Crippen molar-refractivity contribution in [3.63, 3.8) is 0 Å². The molecular formula is C21H20N4O2. The van der Waals surface area contributed by atoms with Crippen LogP contribution in [0.15, 0.2) is 59.3 Å². The highest BCUT2D eigenvalue weighted by molar-refractivity contribution is 5.95. The van der Waals surface area contributed by atoms with Crippen molar-refractivity contribution in [2.75, 3.05) is 0 Å². The minimum absolute atomic E-state index is 0.107. The lowest BCUT2D eigenvalue weighted by atomic mass is 10.0. The lowest BCUT2D eigenvalue weighted by molar-refractivity contribution is -0.122. The zero-order valence-corrected chi connectivity index (χ0v) is 15.3. The third kappa shape index (κ3) is 3.46. The van der Waals surface area contributed by atoms with Gasteiger partial charge in [-0.3, -0.25) is 4.79 Å². The molecule has 4 aromatic rings. The Labute approximate surface area is 156 Å². The van der Waals surface area contributed by atoms with Gasteiger partial charge in [0.05, 0.1) is 18.5 Å². The summed E-state index contributed by atoms with van der Waals surface area (Å²) in [4.78, 5) is 16.8. The molecule has 0 aliphatic carbocycles. The van der Waals surface area contributed by atoms with Gasteiger partial charge in [-0.15, -0.1) is 0 Å². The Kier molecular flexibility index (Phi) is 4.46. The lowest BCUT2D eigenvalue weighted by Gasteiger charge is -2.06. The second-order valence-electron chi connectivity index (χ2n) is 6.52. The minimum Gasteiger partial charge on any atom is -0.467 e. The number of fused-ring (bicyclic) bond motifs is 1. The van der Waals surface area contributed by atoms with E-state index < -0.39 is 0 Å². The average Bonchev–Trinajstić information content (AvgIpc) is 3.29. The summed E-state index contributed by atoms with van der Waals surface area (Å²) in [5.41, 5.74) is 4.95. The van der Waals surface area contributed by atoms with Gasteiger partial charge in [0, 0.05) is 11.6 Å². The van der Waals surface area contributed by atoms with E-state index in [9.17, 15) is 4.79 Å².